The Hall–Kier alpha value is -1.31. The van der Waals surface area contributed by atoms with E-state index in [0.29, 0.717) is 0 Å². The van der Waals surface area contributed by atoms with E-state index in [-0.39, 0.29) is 6.61 Å². The number of aliphatic hydroxyl groups is 1. The van der Waals surface area contributed by atoms with Crippen LogP contribution in [0.15, 0.2) is 48.5 Å². The molecule has 0 aromatic heterocycles. The highest BCUT2D eigenvalue weighted by molar-refractivity contribution is 6.30. The van der Waals surface area contributed by atoms with Gasteiger partial charge in [0.1, 0.15) is 0 Å². The third-order valence-corrected chi connectivity index (χ3v) is 2.94. The summed E-state index contributed by atoms with van der Waals surface area (Å²) in [6.07, 6.45) is 1.71. The Morgan fingerprint density at radius 2 is 1.65 bits per heavy atom. The fourth-order valence-electron chi connectivity index (χ4n) is 1.86. The van der Waals surface area contributed by atoms with E-state index in [2.05, 4.69) is 24.3 Å². The van der Waals surface area contributed by atoms with Crippen molar-refractivity contribution in [1.29, 1.82) is 0 Å². The maximum absolute atomic E-state index is 8.83. The van der Waals surface area contributed by atoms with Crippen LogP contribution in [0.1, 0.15) is 12.0 Å². The summed E-state index contributed by atoms with van der Waals surface area (Å²) in [6.45, 7) is 0.237. The molecule has 2 heteroatoms. The third kappa shape index (κ3) is 3.32. The van der Waals surface area contributed by atoms with Crippen LogP contribution in [0.25, 0.3) is 11.1 Å². The Labute approximate surface area is 107 Å². The molecule has 0 amide bonds. The smallest absolute Gasteiger partial charge is 0.0434 e. The molecule has 0 saturated heterocycles. The van der Waals surface area contributed by atoms with Gasteiger partial charge in [-0.2, -0.15) is 0 Å². The van der Waals surface area contributed by atoms with Crippen molar-refractivity contribution >= 4 is 11.6 Å². The largest absolute Gasteiger partial charge is 0.396 e. The number of aliphatic hydroxyl groups excluding tert-OH is 1. The second-order valence-electron chi connectivity index (χ2n) is 4.04. The Bertz CT molecular complexity index is 494. The van der Waals surface area contributed by atoms with Gasteiger partial charge in [-0.15, -0.1) is 0 Å². The first kappa shape index (κ1) is 12.2. The number of halogens is 1. The first-order chi connectivity index (χ1) is 8.29. The van der Waals surface area contributed by atoms with Gasteiger partial charge in [-0.05, 0) is 41.7 Å². The second-order valence-corrected chi connectivity index (χ2v) is 4.47. The van der Waals surface area contributed by atoms with Crippen LogP contribution in [-0.2, 0) is 6.42 Å². The minimum atomic E-state index is 0.237. The summed E-state index contributed by atoms with van der Waals surface area (Å²) in [4.78, 5) is 0. The Morgan fingerprint density at radius 1 is 0.941 bits per heavy atom. The van der Waals surface area contributed by atoms with Crippen molar-refractivity contribution in [3.05, 3.63) is 59.1 Å². The number of hydrogen-bond donors (Lipinski definition) is 1. The third-order valence-electron chi connectivity index (χ3n) is 2.71. The summed E-state index contributed by atoms with van der Waals surface area (Å²) in [5.74, 6) is 0. The molecule has 0 saturated carbocycles. The van der Waals surface area contributed by atoms with E-state index in [4.69, 9.17) is 16.7 Å². The number of rotatable bonds is 4. The molecule has 2 aromatic carbocycles. The molecule has 2 aromatic rings. The molecule has 0 bridgehead atoms. The molecule has 1 N–H and O–H groups in total. The molecule has 0 aliphatic rings. The predicted octanol–water partition coefficient (Wildman–Crippen LogP) is 3.93. The molecule has 0 radical (unpaired) electrons. The normalized spacial score (nSPS) is 10.5. The van der Waals surface area contributed by atoms with Gasteiger partial charge < -0.3 is 5.11 Å². The zero-order valence-corrected chi connectivity index (χ0v) is 10.3. The van der Waals surface area contributed by atoms with Crippen LogP contribution in [0.2, 0.25) is 5.02 Å². The van der Waals surface area contributed by atoms with Gasteiger partial charge in [-0.25, -0.2) is 0 Å². The molecule has 0 heterocycles. The molecule has 0 aliphatic carbocycles. The van der Waals surface area contributed by atoms with Crippen molar-refractivity contribution in [2.45, 2.75) is 12.8 Å². The summed E-state index contributed by atoms with van der Waals surface area (Å²) >= 11 is 5.99. The van der Waals surface area contributed by atoms with Gasteiger partial charge in [0.15, 0.2) is 0 Å². The SMILES string of the molecule is OCCCc1cccc(-c2cccc(Cl)c2)c1. The van der Waals surface area contributed by atoms with E-state index >= 15 is 0 Å². The monoisotopic (exact) mass is 246 g/mol. The van der Waals surface area contributed by atoms with E-state index in [1.165, 1.54) is 11.1 Å². The first-order valence-corrected chi connectivity index (χ1v) is 6.13. The highest BCUT2D eigenvalue weighted by Crippen LogP contribution is 2.23. The van der Waals surface area contributed by atoms with Gasteiger partial charge in [0, 0.05) is 11.6 Å². The van der Waals surface area contributed by atoms with Crippen LogP contribution >= 0.6 is 11.6 Å². The van der Waals surface area contributed by atoms with Crippen molar-refractivity contribution < 1.29 is 5.11 Å². The zero-order chi connectivity index (χ0) is 12.1. The van der Waals surface area contributed by atoms with Crippen molar-refractivity contribution in [1.82, 2.24) is 0 Å². The predicted molar refractivity (Wildman–Crippen MR) is 72.3 cm³/mol. The van der Waals surface area contributed by atoms with E-state index in [1.807, 2.05) is 24.3 Å². The summed E-state index contributed by atoms with van der Waals surface area (Å²) in [6, 6.07) is 16.2. The Kier molecular flexibility index (Phi) is 4.18. The first-order valence-electron chi connectivity index (χ1n) is 5.75. The lowest BCUT2D eigenvalue weighted by Gasteiger charge is -2.05. The molecule has 1 nitrogen and oxygen atoms in total. The van der Waals surface area contributed by atoms with Gasteiger partial charge in [0.05, 0.1) is 0 Å². The van der Waals surface area contributed by atoms with Crippen molar-refractivity contribution in [3.63, 3.8) is 0 Å². The fourth-order valence-corrected chi connectivity index (χ4v) is 2.05. The van der Waals surface area contributed by atoms with Gasteiger partial charge in [-0.3, -0.25) is 0 Å². The highest BCUT2D eigenvalue weighted by atomic mass is 35.5. The van der Waals surface area contributed by atoms with Crippen LogP contribution in [0.3, 0.4) is 0 Å². The van der Waals surface area contributed by atoms with Crippen molar-refractivity contribution in [2.75, 3.05) is 6.61 Å². The van der Waals surface area contributed by atoms with Gasteiger partial charge in [-0.1, -0.05) is 48.0 Å². The van der Waals surface area contributed by atoms with Gasteiger partial charge in [0.2, 0.25) is 0 Å². The second kappa shape index (κ2) is 5.85. The van der Waals surface area contributed by atoms with Crippen molar-refractivity contribution in [3.8, 4) is 11.1 Å². The lowest BCUT2D eigenvalue weighted by molar-refractivity contribution is 0.288. The topological polar surface area (TPSA) is 20.2 Å². The van der Waals surface area contributed by atoms with E-state index in [9.17, 15) is 0 Å². The van der Waals surface area contributed by atoms with Crippen LogP contribution in [0.5, 0.6) is 0 Å². The van der Waals surface area contributed by atoms with Crippen LogP contribution in [0, 0.1) is 0 Å². The molecule has 0 fully saturated rings. The van der Waals surface area contributed by atoms with E-state index < -0.39 is 0 Å². The molecular weight excluding hydrogens is 232 g/mol. The van der Waals surface area contributed by atoms with E-state index in [0.717, 1.165) is 23.4 Å². The maximum Gasteiger partial charge on any atom is 0.0434 e. The molecule has 0 unspecified atom stereocenters. The average molecular weight is 247 g/mol. The fraction of sp³-hybridized carbons (Fsp3) is 0.200. The standard InChI is InChI=1S/C15H15ClO/c16-15-8-2-7-14(11-15)13-6-1-4-12(10-13)5-3-9-17/h1-2,4,6-8,10-11,17H,3,5,9H2. The average Bonchev–Trinajstić information content (AvgIpc) is 2.37. The van der Waals surface area contributed by atoms with Crippen molar-refractivity contribution in [2.24, 2.45) is 0 Å². The van der Waals surface area contributed by atoms with Crippen LogP contribution < -0.4 is 0 Å². The summed E-state index contributed by atoms with van der Waals surface area (Å²) in [5, 5.41) is 9.59. The van der Waals surface area contributed by atoms with Crippen LogP contribution in [-0.4, -0.2) is 11.7 Å². The minimum absolute atomic E-state index is 0.237. The molecule has 2 rings (SSSR count). The summed E-state index contributed by atoms with van der Waals surface area (Å²) < 4.78 is 0. The summed E-state index contributed by atoms with van der Waals surface area (Å²) in [5.41, 5.74) is 3.54. The lowest BCUT2D eigenvalue weighted by Crippen LogP contribution is -1.89. The van der Waals surface area contributed by atoms with Gasteiger partial charge >= 0.3 is 0 Å². The molecular formula is C15H15ClO. The van der Waals surface area contributed by atoms with Gasteiger partial charge in [0.25, 0.3) is 0 Å². The Balaban J connectivity index is 2.26. The lowest BCUT2D eigenvalue weighted by atomic mass is 10.0. The molecule has 17 heavy (non-hydrogen) atoms. The molecule has 88 valence electrons. The number of benzene rings is 2. The summed E-state index contributed by atoms with van der Waals surface area (Å²) in [7, 11) is 0. The molecule has 0 spiro atoms. The zero-order valence-electron chi connectivity index (χ0n) is 9.57. The molecule has 0 atom stereocenters. The quantitative estimate of drug-likeness (QED) is 0.867. The maximum atomic E-state index is 8.83. The minimum Gasteiger partial charge on any atom is -0.396 e. The molecule has 0 aliphatic heterocycles. The van der Waals surface area contributed by atoms with Crippen LogP contribution in [0.4, 0.5) is 0 Å². The number of hydrogen-bond acceptors (Lipinski definition) is 1. The number of aryl methyl sites for hydroxylation is 1. The highest BCUT2D eigenvalue weighted by Gasteiger charge is 2.00. The van der Waals surface area contributed by atoms with E-state index in [1.54, 1.807) is 0 Å². The Morgan fingerprint density at radius 3 is 2.35 bits per heavy atom.